The van der Waals surface area contributed by atoms with Crippen molar-refractivity contribution >= 4 is 0 Å². The second kappa shape index (κ2) is 4.11. The van der Waals surface area contributed by atoms with Crippen molar-refractivity contribution in [1.82, 2.24) is 9.80 Å². The maximum absolute atomic E-state index is 9.37. The van der Waals surface area contributed by atoms with Gasteiger partial charge in [-0.2, -0.15) is 5.26 Å². The van der Waals surface area contributed by atoms with E-state index in [1.165, 1.54) is 12.8 Å². The van der Waals surface area contributed by atoms with E-state index in [0.29, 0.717) is 0 Å². The van der Waals surface area contributed by atoms with Crippen molar-refractivity contribution in [2.45, 2.75) is 31.7 Å². The first-order chi connectivity index (χ1) is 7.14. The summed E-state index contributed by atoms with van der Waals surface area (Å²) in [5.74, 6) is 0.828. The molecule has 1 aliphatic heterocycles. The molecule has 0 spiro atoms. The molecule has 2 fully saturated rings. The van der Waals surface area contributed by atoms with Gasteiger partial charge in [0.05, 0.1) is 6.07 Å². The minimum Gasteiger partial charge on any atom is -0.304 e. The summed E-state index contributed by atoms with van der Waals surface area (Å²) in [6.45, 7) is 6.42. The van der Waals surface area contributed by atoms with E-state index < -0.39 is 0 Å². The fourth-order valence-electron chi connectivity index (χ4n) is 2.43. The summed E-state index contributed by atoms with van der Waals surface area (Å²) in [5.41, 5.74) is -0.206. The molecule has 1 aliphatic carbocycles. The molecule has 0 N–H and O–H groups in total. The van der Waals surface area contributed by atoms with Crippen molar-refractivity contribution < 1.29 is 0 Å². The van der Waals surface area contributed by atoms with Crippen LogP contribution in [0.3, 0.4) is 0 Å². The third kappa shape index (κ3) is 2.50. The molecule has 0 aromatic carbocycles. The Balaban J connectivity index is 1.95. The molecule has 1 saturated heterocycles. The number of rotatable bonds is 3. The molecule has 3 nitrogen and oxygen atoms in total. The Morgan fingerprint density at radius 1 is 1.27 bits per heavy atom. The van der Waals surface area contributed by atoms with Gasteiger partial charge >= 0.3 is 0 Å². The molecule has 0 aromatic rings. The molecule has 2 aliphatic rings. The molecule has 2 rings (SSSR count). The van der Waals surface area contributed by atoms with Crippen molar-refractivity contribution in [3.8, 4) is 6.07 Å². The van der Waals surface area contributed by atoms with Crippen LogP contribution in [0, 0.1) is 17.2 Å². The van der Waals surface area contributed by atoms with Gasteiger partial charge in [-0.1, -0.05) is 12.8 Å². The second-order valence-corrected chi connectivity index (χ2v) is 5.32. The van der Waals surface area contributed by atoms with E-state index in [2.05, 4.69) is 29.8 Å². The summed E-state index contributed by atoms with van der Waals surface area (Å²) in [6.07, 6.45) is 3.75. The minimum atomic E-state index is -0.206. The summed E-state index contributed by atoms with van der Waals surface area (Å²) < 4.78 is 0. The van der Waals surface area contributed by atoms with Gasteiger partial charge < -0.3 is 4.90 Å². The Kier molecular flexibility index (Phi) is 2.99. The molecule has 1 saturated carbocycles. The van der Waals surface area contributed by atoms with Crippen LogP contribution >= 0.6 is 0 Å². The van der Waals surface area contributed by atoms with E-state index in [1.807, 2.05) is 0 Å². The van der Waals surface area contributed by atoms with Gasteiger partial charge in [0.1, 0.15) is 5.54 Å². The van der Waals surface area contributed by atoms with E-state index in [9.17, 15) is 5.26 Å². The van der Waals surface area contributed by atoms with Gasteiger partial charge in [0.15, 0.2) is 0 Å². The van der Waals surface area contributed by atoms with E-state index in [1.54, 1.807) is 0 Å². The van der Waals surface area contributed by atoms with Gasteiger partial charge in [-0.25, -0.2) is 0 Å². The van der Waals surface area contributed by atoms with Crippen molar-refractivity contribution in [2.24, 2.45) is 5.92 Å². The third-order valence-corrected chi connectivity index (χ3v) is 3.83. The predicted molar refractivity (Wildman–Crippen MR) is 60.4 cm³/mol. The number of hydrogen-bond donors (Lipinski definition) is 0. The molecule has 0 radical (unpaired) electrons. The Bertz CT molecular complexity index is 259. The van der Waals surface area contributed by atoms with Crippen molar-refractivity contribution in [3.63, 3.8) is 0 Å². The number of piperazine rings is 1. The molecule has 0 aromatic heterocycles. The lowest BCUT2D eigenvalue weighted by Crippen LogP contribution is -2.54. The maximum Gasteiger partial charge on any atom is 0.106 e. The lowest BCUT2D eigenvalue weighted by atomic mass is 9.93. The first-order valence-electron chi connectivity index (χ1n) is 5.99. The molecule has 0 bridgehead atoms. The summed E-state index contributed by atoms with van der Waals surface area (Å²) in [5, 5.41) is 9.37. The third-order valence-electron chi connectivity index (χ3n) is 3.83. The van der Waals surface area contributed by atoms with Crippen LogP contribution in [0.25, 0.3) is 0 Å². The largest absolute Gasteiger partial charge is 0.304 e. The SMILES string of the molecule is CN1CCN(C(C)(C#N)CC2CC2)CC1. The van der Waals surface area contributed by atoms with Crippen LogP contribution in [-0.4, -0.2) is 48.6 Å². The number of hydrogen-bond acceptors (Lipinski definition) is 3. The highest BCUT2D eigenvalue weighted by atomic mass is 15.3. The summed E-state index contributed by atoms with van der Waals surface area (Å²) in [7, 11) is 2.15. The highest BCUT2D eigenvalue weighted by Crippen LogP contribution is 2.38. The summed E-state index contributed by atoms with van der Waals surface area (Å²) in [6, 6.07) is 2.54. The Morgan fingerprint density at radius 3 is 2.33 bits per heavy atom. The summed E-state index contributed by atoms with van der Waals surface area (Å²) >= 11 is 0. The molecular formula is C12H21N3. The average molecular weight is 207 g/mol. The average Bonchev–Trinajstić information content (AvgIpc) is 3.02. The number of nitrogens with zero attached hydrogens (tertiary/aromatic N) is 3. The Labute approximate surface area is 92.7 Å². The smallest absolute Gasteiger partial charge is 0.106 e. The van der Waals surface area contributed by atoms with Crippen molar-refractivity contribution in [1.29, 1.82) is 5.26 Å². The predicted octanol–water partition coefficient (Wildman–Crippen LogP) is 1.32. The topological polar surface area (TPSA) is 30.3 Å². The normalized spacial score (nSPS) is 28.3. The van der Waals surface area contributed by atoms with Crippen molar-refractivity contribution in [3.05, 3.63) is 0 Å². The minimum absolute atomic E-state index is 0.206. The molecule has 15 heavy (non-hydrogen) atoms. The first kappa shape index (κ1) is 10.9. The zero-order valence-corrected chi connectivity index (χ0v) is 9.87. The lowest BCUT2D eigenvalue weighted by Gasteiger charge is -2.41. The van der Waals surface area contributed by atoms with Crippen LogP contribution < -0.4 is 0 Å². The molecule has 84 valence electrons. The van der Waals surface area contributed by atoms with Gasteiger partial charge in [0.25, 0.3) is 0 Å². The molecule has 0 amide bonds. The monoisotopic (exact) mass is 207 g/mol. The molecule has 3 heteroatoms. The Hall–Kier alpha value is -0.590. The molecule has 1 heterocycles. The molecule has 1 unspecified atom stereocenters. The first-order valence-corrected chi connectivity index (χ1v) is 5.99. The standard InChI is InChI=1S/C12H21N3/c1-12(10-13,9-11-3-4-11)15-7-5-14(2)6-8-15/h11H,3-9H2,1-2H3. The molecule has 1 atom stereocenters. The maximum atomic E-state index is 9.37. The number of likely N-dealkylation sites (N-methyl/N-ethyl adjacent to an activating group) is 1. The quantitative estimate of drug-likeness (QED) is 0.699. The van der Waals surface area contributed by atoms with Crippen LogP contribution in [0.5, 0.6) is 0 Å². The van der Waals surface area contributed by atoms with Crippen LogP contribution in [0.1, 0.15) is 26.2 Å². The zero-order chi connectivity index (χ0) is 10.9. The van der Waals surface area contributed by atoms with E-state index in [4.69, 9.17) is 0 Å². The highest BCUT2D eigenvalue weighted by Gasteiger charge is 2.38. The van der Waals surface area contributed by atoms with Crippen LogP contribution in [0.2, 0.25) is 0 Å². The van der Waals surface area contributed by atoms with Crippen LogP contribution in [0.4, 0.5) is 0 Å². The van der Waals surface area contributed by atoms with Gasteiger partial charge in [-0.3, -0.25) is 4.90 Å². The van der Waals surface area contributed by atoms with Gasteiger partial charge in [0.2, 0.25) is 0 Å². The second-order valence-electron chi connectivity index (χ2n) is 5.32. The van der Waals surface area contributed by atoms with E-state index >= 15 is 0 Å². The van der Waals surface area contributed by atoms with Crippen LogP contribution in [0.15, 0.2) is 0 Å². The lowest BCUT2D eigenvalue weighted by molar-refractivity contribution is 0.0752. The van der Waals surface area contributed by atoms with Gasteiger partial charge in [-0.15, -0.1) is 0 Å². The zero-order valence-electron chi connectivity index (χ0n) is 9.87. The Morgan fingerprint density at radius 2 is 1.87 bits per heavy atom. The van der Waals surface area contributed by atoms with E-state index in [-0.39, 0.29) is 5.54 Å². The van der Waals surface area contributed by atoms with E-state index in [0.717, 1.165) is 38.5 Å². The fraction of sp³-hybridized carbons (Fsp3) is 0.917. The fourth-order valence-corrected chi connectivity index (χ4v) is 2.43. The number of nitriles is 1. The van der Waals surface area contributed by atoms with Crippen LogP contribution in [-0.2, 0) is 0 Å². The highest BCUT2D eigenvalue weighted by molar-refractivity contribution is 5.08. The van der Waals surface area contributed by atoms with Crippen molar-refractivity contribution in [2.75, 3.05) is 33.2 Å². The summed E-state index contributed by atoms with van der Waals surface area (Å²) in [4.78, 5) is 4.72. The van der Waals surface area contributed by atoms with Gasteiger partial charge in [0, 0.05) is 26.2 Å². The molecular weight excluding hydrogens is 186 g/mol. The van der Waals surface area contributed by atoms with Gasteiger partial charge in [-0.05, 0) is 26.3 Å².